The van der Waals surface area contributed by atoms with Crippen LogP contribution in [0.1, 0.15) is 24.2 Å². The van der Waals surface area contributed by atoms with Crippen LogP contribution in [0.3, 0.4) is 0 Å². The Morgan fingerprint density at radius 1 is 1.42 bits per heavy atom. The molecule has 0 saturated carbocycles. The highest BCUT2D eigenvalue weighted by atomic mass is 32.2. The Morgan fingerprint density at radius 3 is 2.89 bits per heavy atom. The largest absolute Gasteiger partial charge is 0.322 e. The summed E-state index contributed by atoms with van der Waals surface area (Å²) in [6, 6.07) is 7.19. The van der Waals surface area contributed by atoms with Gasteiger partial charge in [0, 0.05) is 35.3 Å². The standard InChI is InChI=1S/C14H18N2O2S/c1-10-9-19-7-6-16(10)14(18)15-13-5-3-4-12(8-13)11(2)17/h3-5,8,10H,6-7,9H2,1-2H3,(H,15,18). The molecular weight excluding hydrogens is 260 g/mol. The second-order valence-corrected chi connectivity index (χ2v) is 5.83. The first-order chi connectivity index (χ1) is 9.08. The molecule has 0 bridgehead atoms. The lowest BCUT2D eigenvalue weighted by Gasteiger charge is -2.33. The first-order valence-electron chi connectivity index (χ1n) is 6.34. The number of carbonyl (C=O) groups excluding carboxylic acids is 2. The number of hydrogen-bond donors (Lipinski definition) is 1. The van der Waals surface area contributed by atoms with Crippen molar-refractivity contribution in [2.24, 2.45) is 0 Å². The average molecular weight is 278 g/mol. The predicted molar refractivity (Wildman–Crippen MR) is 79.0 cm³/mol. The van der Waals surface area contributed by atoms with Crippen LogP contribution in [0.15, 0.2) is 24.3 Å². The Hall–Kier alpha value is -1.49. The second kappa shape index (κ2) is 6.10. The molecular formula is C14H18N2O2S. The van der Waals surface area contributed by atoms with Crippen molar-refractivity contribution < 1.29 is 9.59 Å². The summed E-state index contributed by atoms with van der Waals surface area (Å²) < 4.78 is 0. The highest BCUT2D eigenvalue weighted by Crippen LogP contribution is 2.18. The Morgan fingerprint density at radius 2 is 2.21 bits per heavy atom. The van der Waals surface area contributed by atoms with Gasteiger partial charge in [-0.3, -0.25) is 4.79 Å². The number of hydrogen-bond acceptors (Lipinski definition) is 3. The summed E-state index contributed by atoms with van der Waals surface area (Å²) in [4.78, 5) is 25.3. The summed E-state index contributed by atoms with van der Waals surface area (Å²) >= 11 is 1.87. The van der Waals surface area contributed by atoms with Gasteiger partial charge in [0.05, 0.1) is 0 Å². The van der Waals surface area contributed by atoms with Crippen LogP contribution in [-0.2, 0) is 0 Å². The molecule has 0 spiro atoms. The van der Waals surface area contributed by atoms with E-state index in [0.717, 1.165) is 18.1 Å². The molecule has 4 nitrogen and oxygen atoms in total. The van der Waals surface area contributed by atoms with E-state index in [2.05, 4.69) is 12.2 Å². The molecule has 1 fully saturated rings. The van der Waals surface area contributed by atoms with Crippen molar-refractivity contribution in [1.82, 2.24) is 4.90 Å². The Labute approximate surface area is 117 Å². The third-order valence-electron chi connectivity index (χ3n) is 3.15. The smallest absolute Gasteiger partial charge is 0.320 e. The highest BCUT2D eigenvalue weighted by molar-refractivity contribution is 7.99. The van der Waals surface area contributed by atoms with Gasteiger partial charge < -0.3 is 10.2 Å². The van der Waals surface area contributed by atoms with Crippen LogP contribution in [-0.4, -0.2) is 40.8 Å². The number of benzene rings is 1. The molecule has 1 atom stereocenters. The van der Waals surface area contributed by atoms with E-state index >= 15 is 0 Å². The fourth-order valence-electron chi connectivity index (χ4n) is 2.04. The fraction of sp³-hybridized carbons (Fsp3) is 0.429. The third kappa shape index (κ3) is 3.50. The number of rotatable bonds is 2. The number of urea groups is 1. The lowest BCUT2D eigenvalue weighted by atomic mass is 10.1. The molecule has 1 unspecified atom stereocenters. The van der Waals surface area contributed by atoms with Gasteiger partial charge in [-0.15, -0.1) is 0 Å². The van der Waals surface area contributed by atoms with Crippen LogP contribution < -0.4 is 5.32 Å². The van der Waals surface area contributed by atoms with Crippen molar-refractivity contribution in [2.45, 2.75) is 19.9 Å². The number of Topliss-reactive ketones (excluding diaryl/α,β-unsaturated/α-hetero) is 1. The molecule has 1 aliphatic rings. The normalized spacial score (nSPS) is 19.1. The Kier molecular flexibility index (Phi) is 4.47. The van der Waals surface area contributed by atoms with Gasteiger partial charge in [-0.1, -0.05) is 12.1 Å². The minimum absolute atomic E-state index is 0.00107. The Balaban J connectivity index is 2.06. The quantitative estimate of drug-likeness (QED) is 0.846. The van der Waals surface area contributed by atoms with E-state index < -0.39 is 0 Å². The number of thioether (sulfide) groups is 1. The summed E-state index contributed by atoms with van der Waals surface area (Å²) in [5.74, 6) is 1.95. The SMILES string of the molecule is CC(=O)c1cccc(NC(=O)N2CCSCC2C)c1. The minimum atomic E-state index is -0.0893. The molecule has 1 N–H and O–H groups in total. The number of nitrogens with zero attached hydrogens (tertiary/aromatic N) is 1. The van der Waals surface area contributed by atoms with Gasteiger partial charge in [0.1, 0.15) is 0 Å². The van der Waals surface area contributed by atoms with Crippen molar-refractivity contribution in [3.8, 4) is 0 Å². The van der Waals surface area contributed by atoms with Crippen LogP contribution in [0.4, 0.5) is 10.5 Å². The topological polar surface area (TPSA) is 49.4 Å². The highest BCUT2D eigenvalue weighted by Gasteiger charge is 2.23. The first-order valence-corrected chi connectivity index (χ1v) is 7.50. The van der Waals surface area contributed by atoms with Crippen LogP contribution in [0.2, 0.25) is 0 Å². The van der Waals surface area contributed by atoms with E-state index in [1.54, 1.807) is 24.3 Å². The van der Waals surface area contributed by atoms with Gasteiger partial charge in [0.25, 0.3) is 0 Å². The van der Waals surface area contributed by atoms with Crippen molar-refractivity contribution in [2.75, 3.05) is 23.4 Å². The number of ketones is 1. The van der Waals surface area contributed by atoms with Crippen molar-refractivity contribution in [1.29, 1.82) is 0 Å². The van der Waals surface area contributed by atoms with Gasteiger partial charge in [-0.05, 0) is 26.0 Å². The molecule has 1 aromatic carbocycles. The summed E-state index contributed by atoms with van der Waals surface area (Å²) in [7, 11) is 0. The average Bonchev–Trinajstić information content (AvgIpc) is 2.39. The molecule has 1 saturated heterocycles. The van der Waals surface area contributed by atoms with Crippen molar-refractivity contribution >= 4 is 29.3 Å². The molecule has 0 radical (unpaired) electrons. The molecule has 0 aliphatic carbocycles. The van der Waals surface area contributed by atoms with Gasteiger partial charge >= 0.3 is 6.03 Å². The monoisotopic (exact) mass is 278 g/mol. The molecule has 19 heavy (non-hydrogen) atoms. The first kappa shape index (κ1) is 13.9. The molecule has 102 valence electrons. The predicted octanol–water partition coefficient (Wildman–Crippen LogP) is 2.86. The van der Waals surface area contributed by atoms with Crippen molar-refractivity contribution in [3.63, 3.8) is 0 Å². The van der Waals surface area contributed by atoms with Crippen LogP contribution in [0, 0.1) is 0 Å². The van der Waals surface area contributed by atoms with Gasteiger partial charge in [0.2, 0.25) is 0 Å². The maximum atomic E-state index is 12.2. The number of carbonyl (C=O) groups is 2. The van der Waals surface area contributed by atoms with E-state index in [1.807, 2.05) is 16.7 Å². The van der Waals surface area contributed by atoms with E-state index in [1.165, 1.54) is 6.92 Å². The van der Waals surface area contributed by atoms with Crippen LogP contribution >= 0.6 is 11.8 Å². The van der Waals surface area contributed by atoms with Gasteiger partial charge in [-0.25, -0.2) is 4.79 Å². The number of amides is 2. The van der Waals surface area contributed by atoms with E-state index in [4.69, 9.17) is 0 Å². The number of nitrogens with one attached hydrogen (secondary N) is 1. The van der Waals surface area contributed by atoms with E-state index in [9.17, 15) is 9.59 Å². The summed E-state index contributed by atoms with van der Waals surface area (Å²) in [6.07, 6.45) is 0. The zero-order chi connectivity index (χ0) is 13.8. The molecule has 0 aromatic heterocycles. The van der Waals surface area contributed by atoms with Gasteiger partial charge in [-0.2, -0.15) is 11.8 Å². The third-order valence-corrected chi connectivity index (χ3v) is 4.34. The molecule has 1 heterocycles. The van der Waals surface area contributed by atoms with E-state index in [0.29, 0.717) is 11.3 Å². The number of anilines is 1. The zero-order valence-corrected chi connectivity index (χ0v) is 12.0. The lowest BCUT2D eigenvalue weighted by Crippen LogP contribution is -2.46. The molecule has 1 aliphatic heterocycles. The Bertz CT molecular complexity index is 490. The molecule has 5 heteroatoms. The molecule has 2 amide bonds. The second-order valence-electron chi connectivity index (χ2n) is 4.68. The maximum absolute atomic E-state index is 12.2. The summed E-state index contributed by atoms with van der Waals surface area (Å²) in [5, 5.41) is 2.86. The zero-order valence-electron chi connectivity index (χ0n) is 11.2. The molecule has 1 aromatic rings. The summed E-state index contributed by atoms with van der Waals surface area (Å²) in [6.45, 7) is 4.34. The molecule has 2 rings (SSSR count). The maximum Gasteiger partial charge on any atom is 0.322 e. The lowest BCUT2D eigenvalue weighted by molar-refractivity contribution is 0.101. The summed E-state index contributed by atoms with van der Waals surface area (Å²) in [5.41, 5.74) is 1.28. The minimum Gasteiger partial charge on any atom is -0.320 e. The fourth-order valence-corrected chi connectivity index (χ4v) is 3.05. The van der Waals surface area contributed by atoms with Gasteiger partial charge in [0.15, 0.2) is 5.78 Å². The van der Waals surface area contributed by atoms with Crippen LogP contribution in [0.25, 0.3) is 0 Å². The van der Waals surface area contributed by atoms with Crippen LogP contribution in [0.5, 0.6) is 0 Å². The van der Waals surface area contributed by atoms with Crippen molar-refractivity contribution in [3.05, 3.63) is 29.8 Å². The van der Waals surface area contributed by atoms with E-state index in [-0.39, 0.29) is 17.9 Å².